The number of rotatable bonds is 10. The van der Waals surface area contributed by atoms with Crippen molar-refractivity contribution in [2.45, 2.75) is 25.7 Å². The van der Waals surface area contributed by atoms with E-state index in [1.165, 1.54) is 42.5 Å². The summed E-state index contributed by atoms with van der Waals surface area (Å²) < 4.78 is 88.1. The Morgan fingerprint density at radius 1 is 0.780 bits per heavy atom. The number of alkyl halides is 6. The average molecular weight is 586 g/mol. The minimum atomic E-state index is -4.99. The summed E-state index contributed by atoms with van der Waals surface area (Å²) in [6.07, 6.45) is -11.3. The number of carboxylic acid groups (broad SMARTS) is 1. The fourth-order valence-corrected chi connectivity index (χ4v) is 3.31. The van der Waals surface area contributed by atoms with Gasteiger partial charge in [-0.15, -0.1) is 26.3 Å². The van der Waals surface area contributed by atoms with Crippen molar-refractivity contribution in [1.29, 1.82) is 0 Å². The molecule has 2 amide bonds. The third kappa shape index (κ3) is 10.3. The van der Waals surface area contributed by atoms with Crippen molar-refractivity contribution in [3.8, 4) is 17.2 Å². The van der Waals surface area contributed by atoms with E-state index in [1.807, 2.05) is 0 Å². The molecule has 0 aliphatic rings. The van der Waals surface area contributed by atoms with Crippen molar-refractivity contribution >= 4 is 23.7 Å². The highest BCUT2D eigenvalue weighted by molar-refractivity contribution is 5.95. The Kier molecular flexibility index (Phi) is 9.65. The molecule has 15 heteroatoms. The first-order chi connectivity index (χ1) is 19.2. The van der Waals surface area contributed by atoms with Crippen LogP contribution < -0.4 is 24.4 Å². The molecule has 0 aromatic heterocycles. The predicted octanol–water partition coefficient (Wildman–Crippen LogP) is 5.89. The highest BCUT2D eigenvalue weighted by Gasteiger charge is 2.32. The zero-order valence-electron chi connectivity index (χ0n) is 20.7. The second-order valence-corrected chi connectivity index (χ2v) is 8.12. The number of benzene rings is 3. The molecule has 0 aliphatic carbocycles. The first-order valence-corrected chi connectivity index (χ1v) is 11.5. The van der Waals surface area contributed by atoms with Crippen LogP contribution >= 0.6 is 0 Å². The summed E-state index contributed by atoms with van der Waals surface area (Å²) in [5, 5.41) is 11.1. The Labute approximate surface area is 227 Å². The molecule has 0 unspecified atom stereocenters. The maximum atomic E-state index is 13.1. The lowest BCUT2D eigenvalue weighted by molar-refractivity contribution is -0.275. The Balaban J connectivity index is 1.83. The summed E-state index contributed by atoms with van der Waals surface area (Å²) in [4.78, 5) is 37.0. The van der Waals surface area contributed by atoms with Gasteiger partial charge in [0.15, 0.2) is 0 Å². The molecule has 3 rings (SSSR count). The van der Waals surface area contributed by atoms with Crippen molar-refractivity contribution < 1.29 is 60.0 Å². The number of nitrogens with zero attached hydrogens (tertiary/aromatic N) is 1. The zero-order chi connectivity index (χ0) is 30.2. The predicted molar refractivity (Wildman–Crippen MR) is 129 cm³/mol. The van der Waals surface area contributed by atoms with Crippen LogP contribution in [0.2, 0.25) is 0 Å². The summed E-state index contributed by atoms with van der Waals surface area (Å²) in [5.74, 6) is -3.15. The fraction of sp³-hybridized carbons (Fsp3) is 0.192. The van der Waals surface area contributed by atoms with Crippen molar-refractivity contribution in [2.75, 3.05) is 11.4 Å². The summed E-state index contributed by atoms with van der Waals surface area (Å²) in [6, 6.07) is 14.1. The van der Waals surface area contributed by atoms with Gasteiger partial charge in [-0.25, -0.2) is 4.79 Å². The minimum absolute atomic E-state index is 0.123. The number of hydrogen-bond donors (Lipinski definition) is 2. The van der Waals surface area contributed by atoms with Gasteiger partial charge in [-0.3, -0.25) is 14.5 Å². The Bertz CT molecular complexity index is 1360. The molecular weight excluding hydrogens is 566 g/mol. The number of anilines is 1. The number of aliphatic carboxylic acids is 1. The van der Waals surface area contributed by atoms with Gasteiger partial charge in [0.25, 0.3) is 5.91 Å². The number of hydrogen-bond acceptors (Lipinski definition) is 6. The third-order valence-corrected chi connectivity index (χ3v) is 5.03. The largest absolute Gasteiger partial charge is 0.573 e. The number of nitrogens with one attached hydrogen (secondary N) is 1. The Morgan fingerprint density at radius 3 is 1.95 bits per heavy atom. The van der Waals surface area contributed by atoms with Gasteiger partial charge in [0.05, 0.1) is 13.0 Å². The molecular formula is C26H20F6N2O7. The standard InChI is InChI=1S/C26H20F6N2O7/c27-25(28,29)40-19-10-4-16(5-11-19)15-34(18-8-6-17(7-9-18)23(37)33-13-12-22(35)36)24(38)39-20-2-1-3-21(14-20)41-26(30,31)32/h1-11,14H,12-13,15H2,(H,33,37)(H,35,36). The maximum Gasteiger partial charge on any atom is 0.573 e. The lowest BCUT2D eigenvalue weighted by Gasteiger charge is -2.23. The molecule has 0 saturated heterocycles. The van der Waals surface area contributed by atoms with E-state index in [-0.39, 0.29) is 36.5 Å². The second kappa shape index (κ2) is 12.9. The van der Waals surface area contributed by atoms with Crippen molar-refractivity contribution in [1.82, 2.24) is 5.32 Å². The van der Waals surface area contributed by atoms with Gasteiger partial charge in [-0.2, -0.15) is 0 Å². The lowest BCUT2D eigenvalue weighted by atomic mass is 10.1. The minimum Gasteiger partial charge on any atom is -0.481 e. The molecule has 0 radical (unpaired) electrons. The van der Waals surface area contributed by atoms with E-state index < -0.39 is 42.2 Å². The highest BCUT2D eigenvalue weighted by atomic mass is 19.4. The molecule has 0 heterocycles. The van der Waals surface area contributed by atoms with Crippen LogP contribution in [0.5, 0.6) is 17.2 Å². The van der Waals surface area contributed by atoms with Gasteiger partial charge in [0.2, 0.25) is 0 Å². The summed E-state index contributed by atoms with van der Waals surface area (Å²) >= 11 is 0. The van der Waals surface area contributed by atoms with Crippen molar-refractivity contribution in [3.05, 3.63) is 83.9 Å². The van der Waals surface area contributed by atoms with E-state index in [0.717, 1.165) is 35.2 Å². The van der Waals surface area contributed by atoms with Gasteiger partial charge < -0.3 is 24.6 Å². The van der Waals surface area contributed by atoms with Crippen LogP contribution in [-0.4, -0.2) is 42.3 Å². The van der Waals surface area contributed by atoms with Gasteiger partial charge in [0, 0.05) is 23.9 Å². The molecule has 0 spiro atoms. The van der Waals surface area contributed by atoms with Crippen LogP contribution in [0.4, 0.5) is 36.8 Å². The van der Waals surface area contributed by atoms with E-state index in [9.17, 15) is 40.7 Å². The van der Waals surface area contributed by atoms with E-state index >= 15 is 0 Å². The SMILES string of the molecule is O=C(O)CCNC(=O)c1ccc(N(Cc2ccc(OC(F)(F)F)cc2)C(=O)Oc2cccc(OC(F)(F)F)c2)cc1. The van der Waals surface area contributed by atoms with Crippen LogP contribution in [-0.2, 0) is 11.3 Å². The third-order valence-electron chi connectivity index (χ3n) is 5.03. The molecule has 0 atom stereocenters. The Hall–Kier alpha value is -4.95. The van der Waals surface area contributed by atoms with E-state index in [4.69, 9.17) is 9.84 Å². The number of ether oxygens (including phenoxy) is 3. The molecule has 218 valence electrons. The van der Waals surface area contributed by atoms with E-state index in [1.54, 1.807) is 0 Å². The topological polar surface area (TPSA) is 114 Å². The maximum absolute atomic E-state index is 13.1. The summed E-state index contributed by atoms with van der Waals surface area (Å²) in [6.45, 7) is -0.395. The number of carbonyl (C=O) groups excluding carboxylic acids is 2. The van der Waals surface area contributed by atoms with E-state index in [0.29, 0.717) is 5.56 Å². The molecule has 9 nitrogen and oxygen atoms in total. The smallest absolute Gasteiger partial charge is 0.481 e. The fourth-order valence-electron chi connectivity index (χ4n) is 3.31. The number of carboxylic acids is 1. The first kappa shape index (κ1) is 30.6. The van der Waals surface area contributed by atoms with Crippen LogP contribution in [0.1, 0.15) is 22.3 Å². The molecule has 0 saturated carbocycles. The monoisotopic (exact) mass is 586 g/mol. The molecule has 2 N–H and O–H groups in total. The molecule has 3 aromatic rings. The van der Waals surface area contributed by atoms with Crippen LogP contribution in [0.25, 0.3) is 0 Å². The zero-order valence-corrected chi connectivity index (χ0v) is 20.7. The molecule has 41 heavy (non-hydrogen) atoms. The van der Waals surface area contributed by atoms with E-state index in [2.05, 4.69) is 14.8 Å². The lowest BCUT2D eigenvalue weighted by Crippen LogP contribution is -2.33. The normalized spacial score (nSPS) is 11.4. The van der Waals surface area contributed by atoms with Crippen LogP contribution in [0.3, 0.4) is 0 Å². The molecule has 0 aliphatic heterocycles. The van der Waals surface area contributed by atoms with Gasteiger partial charge >= 0.3 is 24.8 Å². The van der Waals surface area contributed by atoms with Crippen LogP contribution in [0, 0.1) is 0 Å². The second-order valence-electron chi connectivity index (χ2n) is 8.12. The highest BCUT2D eigenvalue weighted by Crippen LogP contribution is 2.28. The number of carbonyl (C=O) groups is 3. The van der Waals surface area contributed by atoms with Gasteiger partial charge in [-0.05, 0) is 54.1 Å². The van der Waals surface area contributed by atoms with Crippen LogP contribution in [0.15, 0.2) is 72.8 Å². The number of amides is 2. The molecule has 0 fully saturated rings. The average Bonchev–Trinajstić information content (AvgIpc) is 2.86. The molecule has 0 bridgehead atoms. The van der Waals surface area contributed by atoms with Gasteiger partial charge in [-0.1, -0.05) is 18.2 Å². The summed E-state index contributed by atoms with van der Waals surface area (Å²) in [7, 11) is 0. The van der Waals surface area contributed by atoms with Crippen molar-refractivity contribution in [2.24, 2.45) is 0 Å². The first-order valence-electron chi connectivity index (χ1n) is 11.5. The van der Waals surface area contributed by atoms with Gasteiger partial charge in [0.1, 0.15) is 17.2 Å². The molecule has 3 aromatic carbocycles. The van der Waals surface area contributed by atoms with Crippen molar-refractivity contribution in [3.63, 3.8) is 0 Å². The summed E-state index contributed by atoms with van der Waals surface area (Å²) in [5.41, 5.74) is 0.592. The quantitative estimate of drug-likeness (QED) is 0.285. The number of halogens is 6. The Morgan fingerprint density at radius 2 is 1.37 bits per heavy atom.